The molecule has 6 heteroatoms. The van der Waals surface area contributed by atoms with Gasteiger partial charge in [0.05, 0.1) is 5.75 Å². The Morgan fingerprint density at radius 1 is 1.22 bits per heavy atom. The van der Waals surface area contributed by atoms with E-state index in [1.165, 1.54) is 4.90 Å². The van der Waals surface area contributed by atoms with E-state index in [2.05, 4.69) is 0 Å². The lowest BCUT2D eigenvalue weighted by Crippen LogP contribution is -2.41. The molecule has 1 rings (SSSR count). The molecule has 1 fully saturated rings. The predicted molar refractivity (Wildman–Crippen MR) is 69.0 cm³/mol. The fourth-order valence-electron chi connectivity index (χ4n) is 1.93. The van der Waals surface area contributed by atoms with Gasteiger partial charge >= 0.3 is 0 Å². The molecule has 0 bridgehead atoms. The minimum absolute atomic E-state index is 0.0827. The highest BCUT2D eigenvalue weighted by Gasteiger charge is 2.24. The monoisotopic (exact) mass is 275 g/mol. The topological polar surface area (TPSA) is 71.5 Å². The maximum atomic E-state index is 11.8. The van der Waals surface area contributed by atoms with Crippen molar-refractivity contribution in [3.63, 3.8) is 0 Å². The van der Waals surface area contributed by atoms with Gasteiger partial charge in [-0.2, -0.15) is 0 Å². The van der Waals surface area contributed by atoms with Crippen LogP contribution in [0.3, 0.4) is 0 Å². The van der Waals surface area contributed by atoms with Gasteiger partial charge in [0, 0.05) is 25.9 Å². The third-order valence-electron chi connectivity index (χ3n) is 3.08. The number of carbonyl (C=O) groups is 2. The Labute approximate surface area is 108 Å². The summed E-state index contributed by atoms with van der Waals surface area (Å²) < 4.78 is 23.4. The third kappa shape index (κ3) is 5.16. The van der Waals surface area contributed by atoms with Crippen LogP contribution in [0.25, 0.3) is 0 Å². The Bertz CT molecular complexity index is 392. The van der Waals surface area contributed by atoms with Crippen molar-refractivity contribution in [3.8, 4) is 0 Å². The molecule has 1 aliphatic heterocycles. The second kappa shape index (κ2) is 6.87. The molecular weight excluding hydrogens is 254 g/mol. The fourth-order valence-corrected chi connectivity index (χ4v) is 3.28. The normalized spacial score (nSPS) is 16.9. The largest absolute Gasteiger partial charge is 0.341 e. The summed E-state index contributed by atoms with van der Waals surface area (Å²) in [6, 6.07) is 0. The SMILES string of the molecule is CCCCCS(=O)(=O)CC(=O)N1CCC(=O)CC1. The number of Topliss-reactive ketones (excluding diaryl/α,β-unsaturated/α-hetero) is 1. The van der Waals surface area contributed by atoms with E-state index >= 15 is 0 Å². The maximum Gasteiger partial charge on any atom is 0.237 e. The van der Waals surface area contributed by atoms with Crippen molar-refractivity contribution in [1.29, 1.82) is 0 Å². The first-order chi connectivity index (χ1) is 8.44. The van der Waals surface area contributed by atoms with E-state index in [-0.39, 0.29) is 17.4 Å². The molecule has 5 nitrogen and oxygen atoms in total. The highest BCUT2D eigenvalue weighted by Crippen LogP contribution is 2.08. The van der Waals surface area contributed by atoms with Crippen LogP contribution in [0.5, 0.6) is 0 Å². The summed E-state index contributed by atoms with van der Waals surface area (Å²) >= 11 is 0. The number of ketones is 1. The van der Waals surface area contributed by atoms with Crippen molar-refractivity contribution in [3.05, 3.63) is 0 Å². The lowest BCUT2D eigenvalue weighted by atomic mass is 10.1. The van der Waals surface area contributed by atoms with Crippen LogP contribution in [0.15, 0.2) is 0 Å². The molecule has 0 radical (unpaired) electrons. The summed E-state index contributed by atoms with van der Waals surface area (Å²) in [5, 5.41) is 0. The summed E-state index contributed by atoms with van der Waals surface area (Å²) in [6.45, 7) is 2.73. The summed E-state index contributed by atoms with van der Waals surface area (Å²) in [5.41, 5.74) is 0. The van der Waals surface area contributed by atoms with Gasteiger partial charge in [-0.05, 0) is 6.42 Å². The van der Waals surface area contributed by atoms with Crippen LogP contribution in [-0.2, 0) is 19.4 Å². The van der Waals surface area contributed by atoms with E-state index < -0.39 is 15.6 Å². The predicted octanol–water partition coefficient (Wildman–Crippen LogP) is 0.783. The Kier molecular flexibility index (Phi) is 5.78. The number of rotatable bonds is 6. The molecular formula is C12H21NO4S. The molecule has 18 heavy (non-hydrogen) atoms. The van der Waals surface area contributed by atoms with Crippen LogP contribution in [0, 0.1) is 0 Å². The molecule has 0 N–H and O–H groups in total. The first kappa shape index (κ1) is 15.1. The Morgan fingerprint density at radius 2 is 1.83 bits per heavy atom. The molecule has 0 aromatic heterocycles. The van der Waals surface area contributed by atoms with Crippen LogP contribution < -0.4 is 0 Å². The quantitative estimate of drug-likeness (QED) is 0.672. The van der Waals surface area contributed by atoms with Gasteiger partial charge in [-0.3, -0.25) is 9.59 Å². The lowest BCUT2D eigenvalue weighted by molar-refractivity contribution is -0.132. The van der Waals surface area contributed by atoms with Gasteiger partial charge in [-0.15, -0.1) is 0 Å². The zero-order chi connectivity index (χ0) is 13.6. The molecule has 1 saturated heterocycles. The van der Waals surface area contributed by atoms with Gasteiger partial charge in [-0.25, -0.2) is 8.42 Å². The summed E-state index contributed by atoms with van der Waals surface area (Å²) in [5.74, 6) is -0.548. The van der Waals surface area contributed by atoms with Crippen molar-refractivity contribution >= 4 is 21.5 Å². The van der Waals surface area contributed by atoms with Crippen molar-refractivity contribution in [1.82, 2.24) is 4.90 Å². The molecule has 0 saturated carbocycles. The average molecular weight is 275 g/mol. The zero-order valence-corrected chi connectivity index (χ0v) is 11.7. The number of carbonyl (C=O) groups excluding carboxylic acids is 2. The van der Waals surface area contributed by atoms with Gasteiger partial charge < -0.3 is 4.90 Å². The van der Waals surface area contributed by atoms with Gasteiger partial charge in [-0.1, -0.05) is 19.8 Å². The molecule has 1 heterocycles. The summed E-state index contributed by atoms with van der Waals surface area (Å²) in [4.78, 5) is 24.3. The molecule has 0 atom stereocenters. The average Bonchev–Trinajstić information content (AvgIpc) is 2.29. The summed E-state index contributed by atoms with van der Waals surface area (Å²) in [6.07, 6.45) is 3.14. The van der Waals surface area contributed by atoms with Gasteiger partial charge in [0.25, 0.3) is 0 Å². The van der Waals surface area contributed by atoms with Crippen LogP contribution in [-0.4, -0.2) is 49.6 Å². The number of piperidine rings is 1. The Hall–Kier alpha value is -0.910. The standard InChI is InChI=1S/C12H21NO4S/c1-2-3-4-9-18(16,17)10-12(15)13-7-5-11(14)6-8-13/h2-10H2,1H3. The molecule has 0 spiro atoms. The number of sulfone groups is 1. The van der Waals surface area contributed by atoms with E-state index in [1.807, 2.05) is 6.92 Å². The highest BCUT2D eigenvalue weighted by molar-refractivity contribution is 7.92. The van der Waals surface area contributed by atoms with E-state index in [4.69, 9.17) is 0 Å². The van der Waals surface area contributed by atoms with Gasteiger partial charge in [0.1, 0.15) is 11.5 Å². The first-order valence-corrected chi connectivity index (χ1v) is 8.26. The molecule has 0 aromatic carbocycles. The fraction of sp³-hybridized carbons (Fsp3) is 0.833. The minimum atomic E-state index is -3.29. The van der Waals surface area contributed by atoms with Crippen LogP contribution in [0.4, 0.5) is 0 Å². The number of hydrogen-bond donors (Lipinski definition) is 0. The lowest BCUT2D eigenvalue weighted by Gasteiger charge is -2.25. The molecule has 104 valence electrons. The number of likely N-dealkylation sites (tertiary alicyclic amines) is 1. The highest BCUT2D eigenvalue weighted by atomic mass is 32.2. The van der Waals surface area contributed by atoms with Crippen LogP contribution >= 0.6 is 0 Å². The van der Waals surface area contributed by atoms with Crippen molar-refractivity contribution < 1.29 is 18.0 Å². The van der Waals surface area contributed by atoms with Crippen molar-refractivity contribution in [2.45, 2.75) is 39.0 Å². The molecule has 0 aromatic rings. The van der Waals surface area contributed by atoms with E-state index in [0.717, 1.165) is 12.8 Å². The number of amides is 1. The van der Waals surface area contributed by atoms with E-state index in [9.17, 15) is 18.0 Å². The van der Waals surface area contributed by atoms with Crippen LogP contribution in [0.1, 0.15) is 39.0 Å². The second-order valence-corrected chi connectivity index (χ2v) is 6.90. The van der Waals surface area contributed by atoms with E-state index in [1.54, 1.807) is 0 Å². The van der Waals surface area contributed by atoms with Crippen molar-refractivity contribution in [2.24, 2.45) is 0 Å². The first-order valence-electron chi connectivity index (χ1n) is 6.44. The molecule has 1 amide bonds. The summed E-state index contributed by atoms with van der Waals surface area (Å²) in [7, 11) is -3.29. The van der Waals surface area contributed by atoms with Crippen molar-refractivity contribution in [2.75, 3.05) is 24.6 Å². The minimum Gasteiger partial charge on any atom is -0.341 e. The number of nitrogens with zero attached hydrogens (tertiary/aromatic N) is 1. The zero-order valence-electron chi connectivity index (χ0n) is 10.9. The molecule has 0 unspecified atom stereocenters. The molecule has 0 aliphatic carbocycles. The molecule has 1 aliphatic rings. The Morgan fingerprint density at radius 3 is 2.39 bits per heavy atom. The van der Waals surface area contributed by atoms with E-state index in [0.29, 0.717) is 32.4 Å². The van der Waals surface area contributed by atoms with Gasteiger partial charge in [0.2, 0.25) is 5.91 Å². The number of hydrogen-bond acceptors (Lipinski definition) is 4. The van der Waals surface area contributed by atoms with Gasteiger partial charge in [0.15, 0.2) is 9.84 Å². The Balaban J connectivity index is 2.41. The maximum absolute atomic E-state index is 11.8. The van der Waals surface area contributed by atoms with Crippen LogP contribution in [0.2, 0.25) is 0 Å². The second-order valence-electron chi connectivity index (χ2n) is 4.72. The number of unbranched alkanes of at least 4 members (excludes halogenated alkanes) is 2. The smallest absolute Gasteiger partial charge is 0.237 e. The third-order valence-corrected chi connectivity index (χ3v) is 4.67.